The lowest BCUT2D eigenvalue weighted by Gasteiger charge is -2.26. The van der Waals surface area contributed by atoms with Crippen LogP contribution in [0.25, 0.3) is 5.69 Å². The highest BCUT2D eigenvalue weighted by Gasteiger charge is 2.37. The quantitative estimate of drug-likeness (QED) is 0.518. The summed E-state index contributed by atoms with van der Waals surface area (Å²) in [7, 11) is 3.26. The number of rotatable bonds is 5. The fourth-order valence-corrected chi connectivity index (χ4v) is 4.81. The molecule has 1 fully saturated rings. The number of fused-ring (bicyclic) bond motifs is 3. The zero-order chi connectivity index (χ0) is 23.1. The summed E-state index contributed by atoms with van der Waals surface area (Å²) >= 11 is 6.48. The lowest BCUT2D eigenvalue weighted by molar-refractivity contribution is -0.0969. The third-order valence-corrected chi connectivity index (χ3v) is 6.52. The number of hydrogen-bond donors (Lipinski definition) is 0. The van der Waals surface area contributed by atoms with Gasteiger partial charge in [-0.15, -0.1) is 0 Å². The molecule has 174 valence electrons. The lowest BCUT2D eigenvalue weighted by Crippen LogP contribution is -2.19. The van der Waals surface area contributed by atoms with Crippen LogP contribution in [0.2, 0.25) is 5.02 Å². The van der Waals surface area contributed by atoms with Gasteiger partial charge in [0.15, 0.2) is 17.8 Å². The van der Waals surface area contributed by atoms with E-state index in [-0.39, 0.29) is 12.4 Å². The number of benzene rings is 2. The van der Waals surface area contributed by atoms with E-state index in [0.717, 1.165) is 34.0 Å². The van der Waals surface area contributed by atoms with Gasteiger partial charge in [0.2, 0.25) is 0 Å². The zero-order valence-electron chi connectivity index (χ0n) is 19.1. The first kappa shape index (κ1) is 22.2. The molecule has 0 saturated carbocycles. The average Bonchev–Trinajstić information content (AvgIpc) is 3.41. The molecule has 1 saturated heterocycles. The van der Waals surface area contributed by atoms with Gasteiger partial charge < -0.3 is 23.7 Å². The van der Waals surface area contributed by atoms with Crippen LogP contribution in [0.4, 0.5) is 0 Å². The van der Waals surface area contributed by atoms with Crippen LogP contribution in [0.5, 0.6) is 11.5 Å². The number of aromatic nitrogens is 2. The molecular formula is C25H27ClN2O5. The Balaban J connectivity index is 1.72. The Bertz CT molecular complexity index is 1170. The van der Waals surface area contributed by atoms with Crippen molar-refractivity contribution in [1.29, 1.82) is 0 Å². The molecule has 5 rings (SSSR count). The molecule has 2 atom stereocenters. The van der Waals surface area contributed by atoms with Crippen molar-refractivity contribution < 1.29 is 23.7 Å². The van der Waals surface area contributed by atoms with E-state index in [0.29, 0.717) is 36.2 Å². The summed E-state index contributed by atoms with van der Waals surface area (Å²) in [4.78, 5) is 4.90. The normalized spacial score (nSPS) is 20.3. The van der Waals surface area contributed by atoms with Gasteiger partial charge in [-0.3, -0.25) is 4.57 Å². The summed E-state index contributed by atoms with van der Waals surface area (Å²) < 4.78 is 31.9. The largest absolute Gasteiger partial charge is 0.493 e. The van der Waals surface area contributed by atoms with Gasteiger partial charge in [0.1, 0.15) is 18.0 Å². The van der Waals surface area contributed by atoms with Gasteiger partial charge in [0, 0.05) is 28.3 Å². The predicted octanol–water partition coefficient (Wildman–Crippen LogP) is 5.08. The van der Waals surface area contributed by atoms with Crippen LogP contribution in [0, 0.1) is 13.8 Å². The topological polar surface area (TPSA) is 64.0 Å². The number of hydrogen-bond acceptors (Lipinski definition) is 6. The Hall–Kier alpha value is -2.58. The van der Waals surface area contributed by atoms with Gasteiger partial charge in [-0.1, -0.05) is 23.7 Å². The molecule has 8 heteroatoms. The van der Waals surface area contributed by atoms with Crippen LogP contribution in [0.15, 0.2) is 36.4 Å². The van der Waals surface area contributed by atoms with Crippen molar-refractivity contribution >= 4 is 11.6 Å². The Labute approximate surface area is 198 Å². The summed E-state index contributed by atoms with van der Waals surface area (Å²) in [5.74, 6) is 2.07. The average molecular weight is 471 g/mol. The van der Waals surface area contributed by atoms with Gasteiger partial charge in [0.25, 0.3) is 0 Å². The molecule has 0 aliphatic carbocycles. The van der Waals surface area contributed by atoms with E-state index in [9.17, 15) is 0 Å². The zero-order valence-corrected chi connectivity index (χ0v) is 19.9. The summed E-state index contributed by atoms with van der Waals surface area (Å²) in [6.45, 7) is 5.23. The van der Waals surface area contributed by atoms with Crippen LogP contribution < -0.4 is 9.47 Å². The van der Waals surface area contributed by atoms with Crippen LogP contribution in [0.1, 0.15) is 47.0 Å². The Morgan fingerprint density at radius 2 is 1.85 bits per heavy atom. The molecule has 7 nitrogen and oxygen atoms in total. The first-order valence-corrected chi connectivity index (χ1v) is 11.3. The highest BCUT2D eigenvalue weighted by molar-refractivity contribution is 6.30. The monoisotopic (exact) mass is 470 g/mol. The molecule has 0 radical (unpaired) electrons. The minimum absolute atomic E-state index is 0.349. The van der Waals surface area contributed by atoms with Crippen molar-refractivity contribution in [3.05, 3.63) is 69.8 Å². The molecule has 2 unspecified atom stereocenters. The molecule has 2 aliphatic heterocycles. The third kappa shape index (κ3) is 3.89. The maximum Gasteiger partial charge on any atom is 0.166 e. The van der Waals surface area contributed by atoms with E-state index >= 15 is 0 Å². The van der Waals surface area contributed by atoms with Crippen molar-refractivity contribution in [3.63, 3.8) is 0 Å². The fraction of sp³-hybridized carbons (Fsp3) is 0.400. The summed E-state index contributed by atoms with van der Waals surface area (Å²) in [6.07, 6.45) is -0.692. The van der Waals surface area contributed by atoms with Gasteiger partial charge in [0.05, 0.1) is 38.8 Å². The van der Waals surface area contributed by atoms with E-state index < -0.39 is 6.10 Å². The van der Waals surface area contributed by atoms with E-state index in [1.54, 1.807) is 14.2 Å². The van der Waals surface area contributed by atoms with Crippen molar-refractivity contribution in [3.8, 4) is 17.2 Å². The molecule has 0 amide bonds. The van der Waals surface area contributed by atoms with Gasteiger partial charge in [-0.25, -0.2) is 4.98 Å². The maximum absolute atomic E-state index is 6.84. The van der Waals surface area contributed by atoms with Crippen molar-refractivity contribution in [2.24, 2.45) is 0 Å². The SMILES string of the molecule is COc1cccc(C2OC(CC3OCCO3)c3nc(C)c(C)n3-c3ccc(Cl)cc32)c1OC. The first-order valence-electron chi connectivity index (χ1n) is 11.0. The van der Waals surface area contributed by atoms with E-state index in [4.69, 9.17) is 40.3 Å². The third-order valence-electron chi connectivity index (χ3n) is 6.28. The van der Waals surface area contributed by atoms with Crippen LogP contribution in [0.3, 0.4) is 0 Å². The van der Waals surface area contributed by atoms with Gasteiger partial charge in [-0.05, 0) is 38.1 Å². The molecular weight excluding hydrogens is 444 g/mol. The summed E-state index contributed by atoms with van der Waals surface area (Å²) in [6, 6.07) is 11.6. The Morgan fingerprint density at radius 1 is 1.06 bits per heavy atom. The second kappa shape index (κ2) is 8.99. The van der Waals surface area contributed by atoms with Crippen molar-refractivity contribution in [2.75, 3.05) is 27.4 Å². The predicted molar refractivity (Wildman–Crippen MR) is 124 cm³/mol. The maximum atomic E-state index is 6.84. The van der Waals surface area contributed by atoms with Gasteiger partial charge in [-0.2, -0.15) is 0 Å². The Kier molecular flexibility index (Phi) is 6.05. The number of halogens is 1. The second-order valence-electron chi connectivity index (χ2n) is 8.17. The minimum Gasteiger partial charge on any atom is -0.493 e. The standard InChI is InChI=1S/C25H27ClN2O5/c1-14-15(2)28-19-9-8-16(26)12-18(19)23(17-6-5-7-20(29-3)24(17)30-4)33-21(25(28)27-14)13-22-31-10-11-32-22/h5-9,12,21-23H,10-11,13H2,1-4H3. The van der Waals surface area contributed by atoms with E-state index in [1.807, 2.05) is 43.3 Å². The van der Waals surface area contributed by atoms with Crippen LogP contribution in [-0.2, 0) is 14.2 Å². The highest BCUT2D eigenvalue weighted by atomic mass is 35.5. The van der Waals surface area contributed by atoms with Crippen molar-refractivity contribution in [2.45, 2.75) is 38.8 Å². The minimum atomic E-state index is -0.475. The molecule has 1 aromatic heterocycles. The smallest absolute Gasteiger partial charge is 0.166 e. The van der Waals surface area contributed by atoms with Crippen molar-refractivity contribution in [1.82, 2.24) is 9.55 Å². The number of imidazole rings is 1. The number of methoxy groups -OCH3 is 2. The lowest BCUT2D eigenvalue weighted by atomic mass is 9.98. The molecule has 0 bridgehead atoms. The van der Waals surface area contributed by atoms with E-state index in [2.05, 4.69) is 11.5 Å². The molecule has 0 spiro atoms. The Morgan fingerprint density at radius 3 is 2.58 bits per heavy atom. The first-order chi connectivity index (χ1) is 16.0. The highest BCUT2D eigenvalue weighted by Crippen LogP contribution is 2.47. The van der Waals surface area contributed by atoms with Gasteiger partial charge >= 0.3 is 0 Å². The van der Waals surface area contributed by atoms with Crippen LogP contribution in [-0.4, -0.2) is 43.3 Å². The number of nitrogens with zero attached hydrogens (tertiary/aromatic N) is 2. The fourth-order valence-electron chi connectivity index (χ4n) is 4.63. The number of ether oxygens (including phenoxy) is 5. The molecule has 2 aliphatic rings. The second-order valence-corrected chi connectivity index (χ2v) is 8.61. The number of para-hydroxylation sites is 1. The summed E-state index contributed by atoms with van der Waals surface area (Å²) in [5.41, 5.74) is 4.74. The molecule has 0 N–H and O–H groups in total. The number of aryl methyl sites for hydroxylation is 1. The van der Waals surface area contributed by atoms with E-state index in [1.165, 1.54) is 0 Å². The molecule has 2 aromatic carbocycles. The molecule has 3 aromatic rings. The molecule has 33 heavy (non-hydrogen) atoms. The molecule has 3 heterocycles. The van der Waals surface area contributed by atoms with Crippen LogP contribution >= 0.6 is 11.6 Å². The summed E-state index contributed by atoms with van der Waals surface area (Å²) in [5, 5.41) is 0.626.